The van der Waals surface area contributed by atoms with Crippen molar-refractivity contribution in [1.29, 1.82) is 0 Å². The fraction of sp³-hybridized carbons (Fsp3) is 0.267. The van der Waals surface area contributed by atoms with Gasteiger partial charge in [-0.15, -0.1) is 0 Å². The van der Waals surface area contributed by atoms with Gasteiger partial charge in [0.05, 0.1) is 6.54 Å². The summed E-state index contributed by atoms with van der Waals surface area (Å²) in [5, 5.41) is 7.41. The molecule has 1 aromatic heterocycles. The molecule has 3 aromatic carbocycles. The minimum absolute atomic E-state index is 0.0195. The van der Waals surface area contributed by atoms with Crippen molar-refractivity contribution in [3.05, 3.63) is 114 Å². The number of hydrogen-bond acceptors (Lipinski definition) is 4. The molecular formula is C30H33N5O. The average molecular weight is 480 g/mol. The van der Waals surface area contributed by atoms with Crippen LogP contribution in [0, 0.1) is 0 Å². The summed E-state index contributed by atoms with van der Waals surface area (Å²) in [6.45, 7) is 7.44. The predicted molar refractivity (Wildman–Crippen MR) is 144 cm³/mol. The van der Waals surface area contributed by atoms with Crippen LogP contribution in [0.3, 0.4) is 0 Å². The third kappa shape index (κ3) is 6.27. The SMILES string of the molecule is O=C(NCCN1CCN(Cc2ccccc2)CC1)c1ccccc1-c1ccc(Cn2cccn2)cc1. The van der Waals surface area contributed by atoms with E-state index in [1.165, 1.54) is 11.1 Å². The predicted octanol–water partition coefficient (Wildman–Crippen LogP) is 4.15. The van der Waals surface area contributed by atoms with Crippen molar-refractivity contribution >= 4 is 5.91 Å². The summed E-state index contributed by atoms with van der Waals surface area (Å²) in [4.78, 5) is 18.0. The van der Waals surface area contributed by atoms with Gasteiger partial charge in [0, 0.05) is 63.8 Å². The van der Waals surface area contributed by atoms with E-state index in [1.54, 1.807) is 6.20 Å². The van der Waals surface area contributed by atoms with Crippen molar-refractivity contribution in [1.82, 2.24) is 24.9 Å². The van der Waals surface area contributed by atoms with Gasteiger partial charge in [0.25, 0.3) is 5.91 Å². The minimum atomic E-state index is -0.0195. The van der Waals surface area contributed by atoms with Crippen LogP contribution in [-0.4, -0.2) is 64.8 Å². The van der Waals surface area contributed by atoms with Crippen LogP contribution < -0.4 is 5.32 Å². The molecule has 5 rings (SSSR count). The molecule has 184 valence electrons. The Kier molecular flexibility index (Phi) is 7.86. The fourth-order valence-electron chi connectivity index (χ4n) is 4.74. The van der Waals surface area contributed by atoms with E-state index in [-0.39, 0.29) is 5.91 Å². The number of amides is 1. The molecule has 0 saturated carbocycles. The molecular weight excluding hydrogens is 446 g/mol. The molecule has 1 fully saturated rings. The van der Waals surface area contributed by atoms with Crippen LogP contribution in [0.1, 0.15) is 21.5 Å². The molecule has 0 radical (unpaired) electrons. The van der Waals surface area contributed by atoms with Gasteiger partial charge in [-0.1, -0.05) is 72.8 Å². The molecule has 4 aromatic rings. The standard InChI is InChI=1S/C30H33N5O/c36-30(31-16-18-33-19-21-34(22-20-33)23-25-7-2-1-3-8-25)29-10-5-4-9-28(29)27-13-11-26(12-14-27)24-35-17-6-15-32-35/h1-15,17H,16,18-24H2,(H,31,36). The molecule has 0 bridgehead atoms. The molecule has 36 heavy (non-hydrogen) atoms. The van der Waals surface area contributed by atoms with Gasteiger partial charge < -0.3 is 5.32 Å². The van der Waals surface area contributed by atoms with Crippen molar-refractivity contribution in [2.45, 2.75) is 13.1 Å². The Morgan fingerprint density at radius 2 is 1.44 bits per heavy atom. The highest BCUT2D eigenvalue weighted by Crippen LogP contribution is 2.24. The van der Waals surface area contributed by atoms with E-state index in [9.17, 15) is 4.79 Å². The zero-order valence-electron chi connectivity index (χ0n) is 20.6. The van der Waals surface area contributed by atoms with E-state index in [1.807, 2.05) is 41.2 Å². The number of aromatic nitrogens is 2. The molecule has 1 aliphatic rings. The van der Waals surface area contributed by atoms with Gasteiger partial charge in [-0.25, -0.2) is 0 Å². The average Bonchev–Trinajstić information content (AvgIpc) is 3.44. The van der Waals surface area contributed by atoms with E-state index in [4.69, 9.17) is 0 Å². The lowest BCUT2D eigenvalue weighted by Gasteiger charge is -2.34. The summed E-state index contributed by atoms with van der Waals surface area (Å²) in [6, 6.07) is 28.8. The van der Waals surface area contributed by atoms with Crippen LogP contribution in [0.5, 0.6) is 0 Å². The summed E-state index contributed by atoms with van der Waals surface area (Å²) in [5.74, 6) is -0.0195. The molecule has 0 spiro atoms. The van der Waals surface area contributed by atoms with E-state index in [0.29, 0.717) is 12.1 Å². The zero-order chi connectivity index (χ0) is 24.6. The second-order valence-corrected chi connectivity index (χ2v) is 9.31. The number of rotatable bonds is 9. The minimum Gasteiger partial charge on any atom is -0.351 e. The highest BCUT2D eigenvalue weighted by molar-refractivity contribution is 6.00. The monoisotopic (exact) mass is 479 g/mol. The molecule has 0 atom stereocenters. The molecule has 1 N–H and O–H groups in total. The Morgan fingerprint density at radius 3 is 2.19 bits per heavy atom. The first-order valence-corrected chi connectivity index (χ1v) is 12.7. The number of carbonyl (C=O) groups is 1. The summed E-state index contributed by atoms with van der Waals surface area (Å²) in [5.41, 5.74) is 5.25. The first-order valence-electron chi connectivity index (χ1n) is 12.7. The Balaban J connectivity index is 1.11. The molecule has 1 saturated heterocycles. The van der Waals surface area contributed by atoms with E-state index in [0.717, 1.165) is 56.9 Å². The Bertz CT molecular complexity index is 1230. The number of carbonyl (C=O) groups excluding carboxylic acids is 1. The first kappa shape index (κ1) is 24.0. The Hall–Kier alpha value is -3.74. The van der Waals surface area contributed by atoms with E-state index < -0.39 is 0 Å². The van der Waals surface area contributed by atoms with Gasteiger partial charge in [-0.3, -0.25) is 19.3 Å². The van der Waals surface area contributed by atoms with Crippen molar-refractivity contribution in [3.63, 3.8) is 0 Å². The van der Waals surface area contributed by atoms with Gasteiger partial charge in [-0.2, -0.15) is 5.10 Å². The normalized spacial score (nSPS) is 14.6. The maximum atomic E-state index is 13.1. The third-order valence-corrected chi connectivity index (χ3v) is 6.77. The Labute approximate surface area is 213 Å². The van der Waals surface area contributed by atoms with Crippen LogP contribution in [0.15, 0.2) is 97.3 Å². The van der Waals surface area contributed by atoms with Crippen LogP contribution in [0.2, 0.25) is 0 Å². The fourth-order valence-corrected chi connectivity index (χ4v) is 4.74. The summed E-state index contributed by atoms with van der Waals surface area (Å²) >= 11 is 0. The topological polar surface area (TPSA) is 53.4 Å². The molecule has 6 heteroatoms. The lowest BCUT2D eigenvalue weighted by molar-refractivity contribution is 0.0934. The van der Waals surface area contributed by atoms with Crippen LogP contribution in [0.4, 0.5) is 0 Å². The van der Waals surface area contributed by atoms with Crippen molar-refractivity contribution < 1.29 is 4.79 Å². The van der Waals surface area contributed by atoms with Crippen molar-refractivity contribution in [3.8, 4) is 11.1 Å². The maximum absolute atomic E-state index is 13.1. The second kappa shape index (κ2) is 11.8. The van der Waals surface area contributed by atoms with E-state index >= 15 is 0 Å². The van der Waals surface area contributed by atoms with Gasteiger partial charge in [0.2, 0.25) is 0 Å². The number of hydrogen-bond donors (Lipinski definition) is 1. The molecule has 1 amide bonds. The summed E-state index contributed by atoms with van der Waals surface area (Å²) in [6.07, 6.45) is 3.74. The van der Waals surface area contributed by atoms with Crippen molar-refractivity contribution in [2.24, 2.45) is 0 Å². The molecule has 1 aliphatic heterocycles. The highest BCUT2D eigenvalue weighted by atomic mass is 16.1. The largest absolute Gasteiger partial charge is 0.351 e. The molecule has 2 heterocycles. The van der Waals surface area contributed by atoms with Crippen LogP contribution in [-0.2, 0) is 13.1 Å². The number of benzene rings is 3. The molecule has 0 aliphatic carbocycles. The lowest BCUT2D eigenvalue weighted by atomic mass is 9.98. The molecule has 0 unspecified atom stereocenters. The van der Waals surface area contributed by atoms with Crippen molar-refractivity contribution in [2.75, 3.05) is 39.3 Å². The third-order valence-electron chi connectivity index (χ3n) is 6.77. The number of nitrogens with one attached hydrogen (secondary N) is 1. The lowest BCUT2D eigenvalue weighted by Crippen LogP contribution is -2.48. The smallest absolute Gasteiger partial charge is 0.251 e. The maximum Gasteiger partial charge on any atom is 0.251 e. The number of piperazine rings is 1. The van der Waals surface area contributed by atoms with Gasteiger partial charge >= 0.3 is 0 Å². The summed E-state index contributed by atoms with van der Waals surface area (Å²) < 4.78 is 1.90. The second-order valence-electron chi connectivity index (χ2n) is 9.31. The van der Waals surface area contributed by atoms with Gasteiger partial charge in [-0.05, 0) is 34.4 Å². The number of nitrogens with zero attached hydrogens (tertiary/aromatic N) is 4. The van der Waals surface area contributed by atoms with Gasteiger partial charge in [0.15, 0.2) is 0 Å². The highest BCUT2D eigenvalue weighted by Gasteiger charge is 2.17. The quantitative estimate of drug-likeness (QED) is 0.392. The van der Waals surface area contributed by atoms with Gasteiger partial charge in [0.1, 0.15) is 0 Å². The Morgan fingerprint density at radius 1 is 0.750 bits per heavy atom. The molecule has 6 nitrogen and oxygen atoms in total. The van der Waals surface area contributed by atoms with Crippen LogP contribution >= 0.6 is 0 Å². The summed E-state index contributed by atoms with van der Waals surface area (Å²) in [7, 11) is 0. The van der Waals surface area contributed by atoms with Crippen LogP contribution in [0.25, 0.3) is 11.1 Å². The first-order chi connectivity index (χ1) is 17.7. The zero-order valence-corrected chi connectivity index (χ0v) is 20.6. The van der Waals surface area contributed by atoms with E-state index in [2.05, 4.69) is 74.8 Å².